The largest absolute Gasteiger partial charge is 0.481 e. The number of aliphatic carboxylic acids is 1. The summed E-state index contributed by atoms with van der Waals surface area (Å²) in [5.74, 6) is -1.74. The van der Waals surface area contributed by atoms with Gasteiger partial charge < -0.3 is 10.0 Å². The van der Waals surface area contributed by atoms with Crippen molar-refractivity contribution in [2.45, 2.75) is 32.2 Å². The number of hydrogen-bond donors (Lipinski definition) is 2. The molecule has 0 aromatic rings. The molecular formula is C10H15N3O4. The van der Waals surface area contributed by atoms with E-state index in [-0.39, 0.29) is 25.3 Å². The predicted molar refractivity (Wildman–Crippen MR) is 57.9 cm³/mol. The summed E-state index contributed by atoms with van der Waals surface area (Å²) in [7, 11) is 1.46. The van der Waals surface area contributed by atoms with Gasteiger partial charge in [-0.2, -0.15) is 5.26 Å². The number of carboxylic acid groups (broad SMARTS) is 1. The van der Waals surface area contributed by atoms with Gasteiger partial charge in [0.15, 0.2) is 0 Å². The van der Waals surface area contributed by atoms with Gasteiger partial charge in [0.2, 0.25) is 5.91 Å². The number of nitrogens with one attached hydrogen (secondary N) is 1. The number of hydrogen-bond acceptors (Lipinski definition) is 4. The second-order valence-corrected chi connectivity index (χ2v) is 3.57. The minimum Gasteiger partial charge on any atom is -0.481 e. The van der Waals surface area contributed by atoms with Gasteiger partial charge in [-0.1, -0.05) is 0 Å². The molecule has 0 spiro atoms. The molecule has 0 bridgehead atoms. The Kier molecular flexibility index (Phi) is 6.33. The maximum absolute atomic E-state index is 11.5. The van der Waals surface area contributed by atoms with Crippen LogP contribution in [-0.4, -0.2) is 41.0 Å². The molecule has 1 unspecified atom stereocenters. The monoisotopic (exact) mass is 241 g/mol. The summed E-state index contributed by atoms with van der Waals surface area (Å²) in [4.78, 5) is 34.0. The van der Waals surface area contributed by atoms with Crippen molar-refractivity contribution >= 4 is 17.9 Å². The molecule has 0 radical (unpaired) electrons. The van der Waals surface area contributed by atoms with Crippen LogP contribution in [0.3, 0.4) is 0 Å². The number of carboxylic acids is 1. The molecule has 0 saturated heterocycles. The minimum atomic E-state index is -1.10. The molecule has 0 aromatic heterocycles. The average molecular weight is 241 g/mol. The third kappa shape index (κ3) is 6.14. The molecule has 17 heavy (non-hydrogen) atoms. The van der Waals surface area contributed by atoms with Gasteiger partial charge in [0, 0.05) is 19.5 Å². The van der Waals surface area contributed by atoms with E-state index in [1.165, 1.54) is 11.9 Å². The van der Waals surface area contributed by atoms with Crippen LogP contribution in [0.25, 0.3) is 0 Å². The van der Waals surface area contributed by atoms with Crippen molar-refractivity contribution in [3.8, 4) is 6.07 Å². The van der Waals surface area contributed by atoms with Crippen molar-refractivity contribution in [3.63, 3.8) is 0 Å². The van der Waals surface area contributed by atoms with E-state index in [0.717, 1.165) is 0 Å². The van der Waals surface area contributed by atoms with E-state index in [1.54, 1.807) is 6.92 Å². The van der Waals surface area contributed by atoms with Gasteiger partial charge in [-0.25, -0.2) is 4.79 Å². The number of rotatable bonds is 5. The smallest absolute Gasteiger partial charge is 0.324 e. The molecule has 0 fully saturated rings. The zero-order valence-electron chi connectivity index (χ0n) is 9.77. The highest BCUT2D eigenvalue weighted by Crippen LogP contribution is 2.00. The Morgan fingerprint density at radius 3 is 2.47 bits per heavy atom. The number of nitrogens with zero attached hydrogens (tertiary/aromatic N) is 2. The van der Waals surface area contributed by atoms with E-state index >= 15 is 0 Å². The summed E-state index contributed by atoms with van der Waals surface area (Å²) in [6.07, 6.45) is -0.411. The van der Waals surface area contributed by atoms with Crippen molar-refractivity contribution in [2.75, 3.05) is 7.05 Å². The fraction of sp³-hybridized carbons (Fsp3) is 0.600. The molecule has 0 aromatic carbocycles. The van der Waals surface area contributed by atoms with Crippen LogP contribution >= 0.6 is 0 Å². The number of nitriles is 1. The fourth-order valence-electron chi connectivity index (χ4n) is 0.960. The molecule has 0 heterocycles. The molecule has 7 heteroatoms. The third-order valence-electron chi connectivity index (χ3n) is 2.18. The van der Waals surface area contributed by atoms with Crippen molar-refractivity contribution in [2.24, 2.45) is 0 Å². The fourth-order valence-corrected chi connectivity index (χ4v) is 0.960. The predicted octanol–water partition coefficient (Wildman–Crippen LogP) is 0.321. The Labute approximate surface area is 99.0 Å². The maximum Gasteiger partial charge on any atom is 0.324 e. The highest BCUT2D eigenvalue weighted by molar-refractivity contribution is 5.95. The summed E-state index contributed by atoms with van der Waals surface area (Å²) in [5.41, 5.74) is 0. The van der Waals surface area contributed by atoms with Gasteiger partial charge >= 0.3 is 12.0 Å². The van der Waals surface area contributed by atoms with Gasteiger partial charge in [0.25, 0.3) is 0 Å². The lowest BCUT2D eigenvalue weighted by molar-refractivity contribution is -0.138. The summed E-state index contributed by atoms with van der Waals surface area (Å²) in [5, 5.41) is 18.9. The Morgan fingerprint density at radius 2 is 2.00 bits per heavy atom. The second-order valence-electron chi connectivity index (χ2n) is 3.57. The van der Waals surface area contributed by atoms with Crippen LogP contribution in [0.2, 0.25) is 0 Å². The molecule has 1 atom stereocenters. The standard InChI is InChI=1S/C10H15N3O4/c1-7(5-6-11)13(2)10(17)12-8(14)3-4-9(15)16/h7H,3-5H2,1-2H3,(H,15,16)(H,12,14,17). The van der Waals surface area contributed by atoms with Crippen LogP contribution in [0, 0.1) is 11.3 Å². The summed E-state index contributed by atoms with van der Waals surface area (Å²) in [6, 6.07) is 0.964. The lowest BCUT2D eigenvalue weighted by atomic mass is 10.2. The van der Waals surface area contributed by atoms with Crippen LogP contribution in [0.5, 0.6) is 0 Å². The normalized spacial score (nSPS) is 11.1. The third-order valence-corrected chi connectivity index (χ3v) is 2.18. The molecule has 0 aliphatic rings. The zero-order chi connectivity index (χ0) is 13.4. The molecule has 0 aliphatic carbocycles. The summed E-state index contributed by atoms with van der Waals surface area (Å²) < 4.78 is 0. The first-order chi connectivity index (χ1) is 7.88. The van der Waals surface area contributed by atoms with E-state index in [0.29, 0.717) is 0 Å². The minimum absolute atomic E-state index is 0.160. The highest BCUT2D eigenvalue weighted by Gasteiger charge is 2.17. The summed E-state index contributed by atoms with van der Waals surface area (Å²) in [6.45, 7) is 1.67. The van der Waals surface area contributed by atoms with Crippen LogP contribution < -0.4 is 5.32 Å². The number of imide groups is 1. The molecule has 3 amide bonds. The van der Waals surface area contributed by atoms with Gasteiger partial charge in [0.05, 0.1) is 18.9 Å². The topological polar surface area (TPSA) is 111 Å². The Balaban J connectivity index is 4.12. The zero-order valence-corrected chi connectivity index (χ0v) is 9.77. The van der Waals surface area contributed by atoms with E-state index in [4.69, 9.17) is 10.4 Å². The van der Waals surface area contributed by atoms with E-state index in [1.807, 2.05) is 11.4 Å². The van der Waals surface area contributed by atoms with E-state index < -0.39 is 17.9 Å². The first-order valence-corrected chi connectivity index (χ1v) is 5.03. The highest BCUT2D eigenvalue weighted by atomic mass is 16.4. The van der Waals surface area contributed by atoms with Crippen LogP contribution in [-0.2, 0) is 9.59 Å². The molecule has 7 nitrogen and oxygen atoms in total. The number of carbonyl (C=O) groups is 3. The van der Waals surface area contributed by atoms with Crippen LogP contribution in [0.15, 0.2) is 0 Å². The Hall–Kier alpha value is -2.10. The lowest BCUT2D eigenvalue weighted by Gasteiger charge is -2.22. The molecule has 2 N–H and O–H groups in total. The van der Waals surface area contributed by atoms with Crippen molar-refractivity contribution in [1.29, 1.82) is 5.26 Å². The molecule has 0 saturated carbocycles. The lowest BCUT2D eigenvalue weighted by Crippen LogP contribution is -2.44. The van der Waals surface area contributed by atoms with Crippen LogP contribution in [0.4, 0.5) is 4.79 Å². The first-order valence-electron chi connectivity index (χ1n) is 5.03. The molecule has 0 aliphatic heterocycles. The van der Waals surface area contributed by atoms with E-state index in [9.17, 15) is 14.4 Å². The second kappa shape index (κ2) is 7.22. The van der Waals surface area contributed by atoms with Gasteiger partial charge in [-0.15, -0.1) is 0 Å². The quantitative estimate of drug-likeness (QED) is 0.720. The Bertz CT molecular complexity index is 348. The molecular weight excluding hydrogens is 226 g/mol. The summed E-state index contributed by atoms with van der Waals surface area (Å²) >= 11 is 0. The van der Waals surface area contributed by atoms with Gasteiger partial charge in [0.1, 0.15) is 0 Å². The maximum atomic E-state index is 11.5. The Morgan fingerprint density at radius 1 is 1.41 bits per heavy atom. The van der Waals surface area contributed by atoms with Crippen molar-refractivity contribution < 1.29 is 19.5 Å². The van der Waals surface area contributed by atoms with Crippen molar-refractivity contribution in [3.05, 3.63) is 0 Å². The molecule has 0 rings (SSSR count). The van der Waals surface area contributed by atoms with Crippen molar-refractivity contribution in [1.82, 2.24) is 10.2 Å². The number of amides is 3. The van der Waals surface area contributed by atoms with Gasteiger partial charge in [-0.3, -0.25) is 14.9 Å². The first kappa shape index (κ1) is 14.9. The van der Waals surface area contributed by atoms with Crippen LogP contribution in [0.1, 0.15) is 26.2 Å². The number of urea groups is 1. The van der Waals surface area contributed by atoms with Gasteiger partial charge in [-0.05, 0) is 6.92 Å². The SMILES string of the molecule is CC(CC#N)N(C)C(=O)NC(=O)CCC(=O)O. The van der Waals surface area contributed by atoms with E-state index in [2.05, 4.69) is 0 Å². The number of carbonyl (C=O) groups excluding carboxylic acids is 2. The molecule has 94 valence electrons. The average Bonchev–Trinajstić information content (AvgIpc) is 2.25.